The molecule has 26 heavy (non-hydrogen) atoms. The van der Waals surface area contributed by atoms with Crippen LogP contribution in [0.5, 0.6) is 11.5 Å². The molecule has 0 aliphatic heterocycles. The minimum atomic E-state index is -4.00. The van der Waals surface area contributed by atoms with E-state index in [0.29, 0.717) is 11.3 Å². The predicted molar refractivity (Wildman–Crippen MR) is 98.6 cm³/mol. The summed E-state index contributed by atoms with van der Waals surface area (Å²) in [4.78, 5) is 13.5. The molecule has 0 heterocycles. The van der Waals surface area contributed by atoms with E-state index in [0.717, 1.165) is 0 Å². The fraction of sp³-hybridized carbons (Fsp3) is 0.316. The van der Waals surface area contributed by atoms with Gasteiger partial charge < -0.3 is 13.8 Å². The highest BCUT2D eigenvalue weighted by Gasteiger charge is 2.21. The van der Waals surface area contributed by atoms with E-state index in [4.69, 9.17) is 8.92 Å². The Hall–Kier alpha value is -2.54. The zero-order chi connectivity index (χ0) is 19.3. The molecule has 2 aromatic rings. The van der Waals surface area contributed by atoms with Gasteiger partial charge in [0.25, 0.3) is 0 Å². The molecule has 2 aromatic carbocycles. The van der Waals surface area contributed by atoms with E-state index in [9.17, 15) is 13.2 Å². The number of para-hydroxylation sites is 1. The Kier molecular flexibility index (Phi) is 6.26. The Morgan fingerprint density at radius 3 is 2.23 bits per heavy atom. The molecule has 140 valence electrons. The quantitative estimate of drug-likeness (QED) is 0.693. The molecule has 0 atom stereocenters. The number of amides is 1. The molecule has 6 nitrogen and oxygen atoms in total. The SMILES string of the molecule is COc1ccc(S(=O)(=O)Oc2ccccc2CN(C(C)=O)C(C)C)cc1. The van der Waals surface area contributed by atoms with Crippen molar-refractivity contribution in [3.63, 3.8) is 0 Å². The van der Waals surface area contributed by atoms with E-state index in [1.807, 2.05) is 13.8 Å². The summed E-state index contributed by atoms with van der Waals surface area (Å²) < 4.78 is 35.5. The molecule has 0 unspecified atom stereocenters. The summed E-state index contributed by atoms with van der Waals surface area (Å²) in [6.45, 7) is 5.55. The van der Waals surface area contributed by atoms with Gasteiger partial charge in [-0.25, -0.2) is 0 Å². The summed E-state index contributed by atoms with van der Waals surface area (Å²) in [5.74, 6) is 0.668. The van der Waals surface area contributed by atoms with Crippen molar-refractivity contribution in [2.45, 2.75) is 38.3 Å². The molecular formula is C19H23NO5S. The lowest BCUT2D eigenvalue weighted by molar-refractivity contribution is -0.131. The van der Waals surface area contributed by atoms with Crippen molar-refractivity contribution in [2.75, 3.05) is 7.11 Å². The van der Waals surface area contributed by atoms with Crippen LogP contribution in [-0.2, 0) is 21.5 Å². The second kappa shape index (κ2) is 8.23. The summed E-state index contributed by atoms with van der Waals surface area (Å²) in [6, 6.07) is 12.7. The summed E-state index contributed by atoms with van der Waals surface area (Å²) in [6.07, 6.45) is 0. The Bertz CT molecular complexity index is 860. The van der Waals surface area contributed by atoms with Gasteiger partial charge in [0.05, 0.1) is 7.11 Å². The molecule has 0 aromatic heterocycles. The predicted octanol–water partition coefficient (Wildman–Crippen LogP) is 3.22. The first kappa shape index (κ1) is 19.8. The summed E-state index contributed by atoms with van der Waals surface area (Å²) in [7, 11) is -2.49. The van der Waals surface area contributed by atoms with Crippen LogP contribution >= 0.6 is 0 Å². The van der Waals surface area contributed by atoms with Crippen LogP contribution in [0.3, 0.4) is 0 Å². The molecule has 0 spiro atoms. The van der Waals surface area contributed by atoms with Gasteiger partial charge >= 0.3 is 10.1 Å². The molecule has 0 bridgehead atoms. The molecule has 1 amide bonds. The zero-order valence-electron chi connectivity index (χ0n) is 15.3. The molecular weight excluding hydrogens is 354 g/mol. The van der Waals surface area contributed by atoms with E-state index in [1.54, 1.807) is 41.3 Å². The molecule has 0 aliphatic rings. The van der Waals surface area contributed by atoms with Gasteiger partial charge in [0.1, 0.15) is 16.4 Å². The fourth-order valence-corrected chi connectivity index (χ4v) is 3.43. The number of carbonyl (C=O) groups excluding carboxylic acids is 1. The van der Waals surface area contributed by atoms with Gasteiger partial charge in [0.2, 0.25) is 5.91 Å². The Balaban J connectivity index is 2.30. The van der Waals surface area contributed by atoms with E-state index in [2.05, 4.69) is 0 Å². The van der Waals surface area contributed by atoms with Crippen LogP contribution < -0.4 is 8.92 Å². The van der Waals surface area contributed by atoms with Crippen LogP contribution in [-0.4, -0.2) is 32.4 Å². The second-order valence-corrected chi connectivity index (χ2v) is 7.61. The standard InChI is InChI=1S/C19H23NO5S/c1-14(2)20(15(3)21)13-16-7-5-6-8-19(16)25-26(22,23)18-11-9-17(24-4)10-12-18/h5-12,14H,13H2,1-4H3. The van der Waals surface area contributed by atoms with Gasteiger partial charge in [-0.15, -0.1) is 0 Å². The van der Waals surface area contributed by atoms with E-state index >= 15 is 0 Å². The van der Waals surface area contributed by atoms with E-state index in [-0.39, 0.29) is 29.1 Å². The topological polar surface area (TPSA) is 72.9 Å². The van der Waals surface area contributed by atoms with Crippen molar-refractivity contribution in [2.24, 2.45) is 0 Å². The number of ether oxygens (including phenoxy) is 1. The van der Waals surface area contributed by atoms with Gasteiger partial charge in [-0.1, -0.05) is 18.2 Å². The largest absolute Gasteiger partial charge is 0.497 e. The highest BCUT2D eigenvalue weighted by Crippen LogP contribution is 2.25. The average molecular weight is 377 g/mol. The van der Waals surface area contributed by atoms with E-state index in [1.165, 1.54) is 26.2 Å². The fourth-order valence-electron chi connectivity index (χ4n) is 2.47. The smallest absolute Gasteiger partial charge is 0.339 e. The summed E-state index contributed by atoms with van der Waals surface area (Å²) in [5.41, 5.74) is 0.619. The maximum Gasteiger partial charge on any atom is 0.339 e. The Morgan fingerprint density at radius 1 is 1.08 bits per heavy atom. The molecule has 2 rings (SSSR count). The molecule has 7 heteroatoms. The third-order valence-electron chi connectivity index (χ3n) is 3.89. The third-order valence-corrected chi connectivity index (χ3v) is 5.14. The van der Waals surface area contributed by atoms with Crippen molar-refractivity contribution < 1.29 is 22.1 Å². The number of carbonyl (C=O) groups is 1. The maximum absolute atomic E-state index is 12.6. The number of methoxy groups -OCH3 is 1. The van der Waals surface area contributed by atoms with Crippen LogP contribution in [0.4, 0.5) is 0 Å². The molecule has 0 saturated carbocycles. The van der Waals surface area contributed by atoms with E-state index < -0.39 is 10.1 Å². The van der Waals surface area contributed by atoms with Gasteiger partial charge in [-0.3, -0.25) is 4.79 Å². The minimum absolute atomic E-state index is 0.0150. The molecule has 0 N–H and O–H groups in total. The lowest BCUT2D eigenvalue weighted by Gasteiger charge is -2.26. The first-order valence-corrected chi connectivity index (χ1v) is 9.59. The number of rotatable bonds is 7. The van der Waals surface area contributed by atoms with Crippen LogP contribution in [0.25, 0.3) is 0 Å². The normalized spacial score (nSPS) is 11.3. The first-order chi connectivity index (χ1) is 12.2. The van der Waals surface area contributed by atoms with Crippen LogP contribution in [0.2, 0.25) is 0 Å². The maximum atomic E-state index is 12.6. The van der Waals surface area contributed by atoms with Gasteiger partial charge in [-0.2, -0.15) is 8.42 Å². The lowest BCUT2D eigenvalue weighted by Crippen LogP contribution is -2.34. The van der Waals surface area contributed by atoms with Gasteiger partial charge in [-0.05, 0) is 44.2 Å². The highest BCUT2D eigenvalue weighted by atomic mass is 32.2. The Morgan fingerprint density at radius 2 is 1.69 bits per heavy atom. The lowest BCUT2D eigenvalue weighted by atomic mass is 10.1. The minimum Gasteiger partial charge on any atom is -0.497 e. The van der Waals surface area contributed by atoms with Gasteiger partial charge in [0, 0.05) is 25.1 Å². The van der Waals surface area contributed by atoms with Crippen molar-refractivity contribution in [1.82, 2.24) is 4.90 Å². The average Bonchev–Trinajstić information content (AvgIpc) is 2.60. The van der Waals surface area contributed by atoms with Crippen LogP contribution in [0.1, 0.15) is 26.3 Å². The number of benzene rings is 2. The second-order valence-electron chi connectivity index (χ2n) is 6.06. The Labute approximate surface area is 154 Å². The number of hydrogen-bond acceptors (Lipinski definition) is 5. The number of nitrogens with zero attached hydrogens (tertiary/aromatic N) is 1. The molecule has 0 aliphatic carbocycles. The van der Waals surface area contributed by atoms with Gasteiger partial charge in [0.15, 0.2) is 0 Å². The van der Waals surface area contributed by atoms with Crippen molar-refractivity contribution in [3.8, 4) is 11.5 Å². The molecule has 0 fully saturated rings. The monoisotopic (exact) mass is 377 g/mol. The van der Waals surface area contributed by atoms with Crippen molar-refractivity contribution in [1.29, 1.82) is 0 Å². The summed E-state index contributed by atoms with van der Waals surface area (Å²) >= 11 is 0. The van der Waals surface area contributed by atoms with Crippen LogP contribution in [0.15, 0.2) is 53.4 Å². The highest BCUT2D eigenvalue weighted by molar-refractivity contribution is 7.87. The van der Waals surface area contributed by atoms with Crippen LogP contribution in [0, 0.1) is 0 Å². The molecule has 0 radical (unpaired) electrons. The zero-order valence-corrected chi connectivity index (χ0v) is 16.1. The summed E-state index contributed by atoms with van der Waals surface area (Å²) in [5, 5.41) is 0. The third kappa shape index (κ3) is 4.76. The number of hydrogen-bond donors (Lipinski definition) is 0. The first-order valence-electron chi connectivity index (χ1n) is 8.18. The molecule has 0 saturated heterocycles. The van der Waals surface area contributed by atoms with Crippen molar-refractivity contribution >= 4 is 16.0 Å². The van der Waals surface area contributed by atoms with Crippen molar-refractivity contribution in [3.05, 3.63) is 54.1 Å².